The molecule has 0 fully saturated rings. The van der Waals surface area contributed by atoms with Gasteiger partial charge in [-0.1, -0.05) is 11.6 Å². The number of nitrogens with one attached hydrogen (secondary N) is 1. The minimum atomic E-state index is 0.363. The summed E-state index contributed by atoms with van der Waals surface area (Å²) in [6.45, 7) is 0. The fourth-order valence-electron chi connectivity index (χ4n) is 2.79. The maximum absolute atomic E-state index is 6.18. The van der Waals surface area contributed by atoms with E-state index in [4.69, 9.17) is 21.3 Å². The topological polar surface area (TPSA) is 47.0 Å². The fourth-order valence-corrected chi connectivity index (χ4v) is 3.05. The van der Waals surface area contributed by atoms with Crippen molar-refractivity contribution < 1.29 is 4.74 Å². The molecule has 1 heterocycles. The summed E-state index contributed by atoms with van der Waals surface area (Å²) < 4.78 is 5.17. The van der Waals surface area contributed by atoms with E-state index in [-0.39, 0.29) is 0 Å². The van der Waals surface area contributed by atoms with Crippen LogP contribution in [0.1, 0.15) is 30.1 Å². The molecule has 0 radical (unpaired) electrons. The Labute approximate surface area is 129 Å². The molecular formula is C16H18ClN3O. The summed E-state index contributed by atoms with van der Waals surface area (Å²) >= 11 is 6.18. The van der Waals surface area contributed by atoms with Gasteiger partial charge in [-0.25, -0.2) is 9.97 Å². The first-order chi connectivity index (χ1) is 10.2. The van der Waals surface area contributed by atoms with Crippen LogP contribution in [0, 0.1) is 0 Å². The van der Waals surface area contributed by atoms with Gasteiger partial charge in [0.15, 0.2) is 5.82 Å². The lowest BCUT2D eigenvalue weighted by atomic mass is 9.92. The zero-order valence-electron chi connectivity index (χ0n) is 12.2. The molecular weight excluding hydrogens is 286 g/mol. The minimum absolute atomic E-state index is 0.363. The first-order valence-electron chi connectivity index (χ1n) is 7.10. The van der Waals surface area contributed by atoms with E-state index in [0.717, 1.165) is 36.3 Å². The Morgan fingerprint density at radius 1 is 1.38 bits per heavy atom. The Bertz CT molecular complexity index is 660. The molecule has 3 rings (SSSR count). The van der Waals surface area contributed by atoms with Crippen LogP contribution in [-0.2, 0) is 6.42 Å². The van der Waals surface area contributed by atoms with Crippen LogP contribution in [-0.4, -0.2) is 24.1 Å². The van der Waals surface area contributed by atoms with Crippen molar-refractivity contribution >= 4 is 11.6 Å². The summed E-state index contributed by atoms with van der Waals surface area (Å²) in [4.78, 5) is 9.23. The molecule has 0 saturated carbocycles. The summed E-state index contributed by atoms with van der Waals surface area (Å²) in [5.74, 6) is 1.38. The third-order valence-electron chi connectivity index (χ3n) is 3.94. The van der Waals surface area contributed by atoms with Crippen molar-refractivity contribution in [3.8, 4) is 17.1 Å². The Hall–Kier alpha value is -1.65. The quantitative estimate of drug-likeness (QED) is 0.944. The zero-order chi connectivity index (χ0) is 14.8. The predicted molar refractivity (Wildman–Crippen MR) is 83.8 cm³/mol. The van der Waals surface area contributed by atoms with Gasteiger partial charge in [0.1, 0.15) is 5.75 Å². The van der Waals surface area contributed by atoms with Gasteiger partial charge in [0.2, 0.25) is 0 Å². The fraction of sp³-hybridized carbons (Fsp3) is 0.375. The smallest absolute Gasteiger partial charge is 0.159 e. The van der Waals surface area contributed by atoms with Gasteiger partial charge in [-0.05, 0) is 44.5 Å². The highest BCUT2D eigenvalue weighted by molar-refractivity contribution is 6.32. The second-order valence-electron chi connectivity index (χ2n) is 5.18. The van der Waals surface area contributed by atoms with E-state index in [9.17, 15) is 0 Å². The van der Waals surface area contributed by atoms with Gasteiger partial charge in [0.25, 0.3) is 0 Å². The molecule has 1 aromatic carbocycles. The molecule has 1 N–H and O–H groups in total. The molecule has 1 aliphatic carbocycles. The van der Waals surface area contributed by atoms with E-state index in [1.807, 2.05) is 31.4 Å². The molecule has 0 aliphatic heterocycles. The SMILES string of the molecule is CNC1CCCc2nc(-c3ccc(OC)c(Cl)c3)ncc21. The van der Waals surface area contributed by atoms with Crippen molar-refractivity contribution in [2.75, 3.05) is 14.2 Å². The molecule has 0 spiro atoms. The van der Waals surface area contributed by atoms with Crippen LogP contribution < -0.4 is 10.1 Å². The van der Waals surface area contributed by atoms with Crippen LogP contribution in [0.3, 0.4) is 0 Å². The van der Waals surface area contributed by atoms with Gasteiger partial charge in [-0.15, -0.1) is 0 Å². The molecule has 1 unspecified atom stereocenters. The number of rotatable bonds is 3. The maximum atomic E-state index is 6.18. The third-order valence-corrected chi connectivity index (χ3v) is 4.24. The molecule has 0 bridgehead atoms. The maximum Gasteiger partial charge on any atom is 0.159 e. The predicted octanol–water partition coefficient (Wildman–Crippen LogP) is 3.40. The molecule has 5 heteroatoms. The summed E-state index contributed by atoms with van der Waals surface area (Å²) in [7, 11) is 3.59. The average molecular weight is 304 g/mol. The Morgan fingerprint density at radius 3 is 2.95 bits per heavy atom. The van der Waals surface area contributed by atoms with Gasteiger partial charge in [-0.3, -0.25) is 0 Å². The van der Waals surface area contributed by atoms with E-state index < -0.39 is 0 Å². The Kier molecular flexibility index (Phi) is 4.08. The van der Waals surface area contributed by atoms with Crippen molar-refractivity contribution in [2.45, 2.75) is 25.3 Å². The summed E-state index contributed by atoms with van der Waals surface area (Å²) in [6.07, 6.45) is 5.24. The highest BCUT2D eigenvalue weighted by Gasteiger charge is 2.21. The van der Waals surface area contributed by atoms with E-state index in [0.29, 0.717) is 16.8 Å². The number of hydrogen-bond donors (Lipinski definition) is 1. The van der Waals surface area contributed by atoms with Crippen LogP contribution in [0.5, 0.6) is 5.75 Å². The lowest BCUT2D eigenvalue weighted by Crippen LogP contribution is -2.22. The number of fused-ring (bicyclic) bond motifs is 1. The monoisotopic (exact) mass is 303 g/mol. The molecule has 4 nitrogen and oxygen atoms in total. The summed E-state index contributed by atoms with van der Waals surface area (Å²) in [5.41, 5.74) is 3.26. The zero-order valence-corrected chi connectivity index (χ0v) is 12.9. The van der Waals surface area contributed by atoms with Crippen molar-refractivity contribution in [3.05, 3.63) is 40.7 Å². The first-order valence-corrected chi connectivity index (χ1v) is 7.47. The highest BCUT2D eigenvalue weighted by atomic mass is 35.5. The Morgan fingerprint density at radius 2 is 2.24 bits per heavy atom. The lowest BCUT2D eigenvalue weighted by Gasteiger charge is -2.24. The number of methoxy groups -OCH3 is 1. The molecule has 0 saturated heterocycles. The van der Waals surface area contributed by atoms with Crippen molar-refractivity contribution in [1.82, 2.24) is 15.3 Å². The van der Waals surface area contributed by atoms with Crippen LogP contribution in [0.2, 0.25) is 5.02 Å². The number of aromatic nitrogens is 2. The van der Waals surface area contributed by atoms with Gasteiger partial charge in [0.05, 0.1) is 12.1 Å². The van der Waals surface area contributed by atoms with Gasteiger partial charge in [0, 0.05) is 29.1 Å². The van der Waals surface area contributed by atoms with Crippen molar-refractivity contribution in [2.24, 2.45) is 0 Å². The van der Waals surface area contributed by atoms with Crippen LogP contribution >= 0.6 is 11.6 Å². The van der Waals surface area contributed by atoms with Gasteiger partial charge < -0.3 is 10.1 Å². The normalized spacial score (nSPS) is 17.4. The standard InChI is InChI=1S/C16H18ClN3O/c1-18-13-4-3-5-14-11(13)9-19-16(20-14)10-6-7-15(21-2)12(17)8-10/h6-9,13,18H,3-5H2,1-2H3. The van der Waals surface area contributed by atoms with Gasteiger partial charge >= 0.3 is 0 Å². The summed E-state index contributed by atoms with van der Waals surface area (Å²) in [6, 6.07) is 5.99. The average Bonchev–Trinajstić information content (AvgIpc) is 2.53. The van der Waals surface area contributed by atoms with Gasteiger partial charge in [-0.2, -0.15) is 0 Å². The lowest BCUT2D eigenvalue weighted by molar-refractivity contribution is 0.415. The minimum Gasteiger partial charge on any atom is -0.495 e. The number of ether oxygens (including phenoxy) is 1. The van der Waals surface area contributed by atoms with E-state index in [1.165, 1.54) is 5.56 Å². The molecule has 21 heavy (non-hydrogen) atoms. The number of halogens is 1. The number of hydrogen-bond acceptors (Lipinski definition) is 4. The molecule has 110 valence electrons. The molecule has 1 aliphatic rings. The summed E-state index contributed by atoms with van der Waals surface area (Å²) in [5, 5.41) is 3.90. The number of nitrogens with zero attached hydrogens (tertiary/aromatic N) is 2. The first kappa shape index (κ1) is 14.3. The molecule has 1 atom stereocenters. The number of benzene rings is 1. The van der Waals surface area contributed by atoms with E-state index >= 15 is 0 Å². The second kappa shape index (κ2) is 6.00. The van der Waals surface area contributed by atoms with Crippen molar-refractivity contribution in [1.29, 1.82) is 0 Å². The van der Waals surface area contributed by atoms with Crippen LogP contribution in [0.25, 0.3) is 11.4 Å². The third kappa shape index (κ3) is 2.74. The van der Waals surface area contributed by atoms with Crippen LogP contribution in [0.4, 0.5) is 0 Å². The second-order valence-corrected chi connectivity index (χ2v) is 5.59. The number of aryl methyl sites for hydroxylation is 1. The van der Waals surface area contributed by atoms with Crippen molar-refractivity contribution in [3.63, 3.8) is 0 Å². The molecule has 2 aromatic rings. The molecule has 1 aromatic heterocycles. The van der Waals surface area contributed by atoms with E-state index in [2.05, 4.69) is 10.3 Å². The highest BCUT2D eigenvalue weighted by Crippen LogP contribution is 2.31. The van der Waals surface area contributed by atoms with Crippen LogP contribution in [0.15, 0.2) is 24.4 Å². The van der Waals surface area contributed by atoms with E-state index in [1.54, 1.807) is 7.11 Å². The Balaban J connectivity index is 1.98. The molecule has 0 amide bonds. The largest absolute Gasteiger partial charge is 0.495 e.